The number of piperidine rings is 1. The summed E-state index contributed by atoms with van der Waals surface area (Å²) in [5.41, 5.74) is 0. The summed E-state index contributed by atoms with van der Waals surface area (Å²) in [6.07, 6.45) is 9.37. The molecule has 0 saturated carbocycles. The smallest absolute Gasteiger partial charge is 0.213 e. The van der Waals surface area contributed by atoms with Crippen molar-refractivity contribution < 1.29 is 4.74 Å². The van der Waals surface area contributed by atoms with E-state index in [4.69, 9.17) is 11.2 Å². The number of aromatic nitrogens is 1. The van der Waals surface area contributed by atoms with E-state index < -0.39 is 0 Å². The molecule has 2 rings (SSSR count). The molecule has 0 N–H and O–H groups in total. The Bertz CT molecular complexity index is 350. The Balaban J connectivity index is 1.80. The van der Waals surface area contributed by atoms with Crippen molar-refractivity contribution in [3.05, 3.63) is 24.4 Å². The number of rotatable bonds is 3. The highest BCUT2D eigenvalue weighted by Crippen LogP contribution is 2.16. The lowest BCUT2D eigenvalue weighted by molar-refractivity contribution is 0.104. The monoisotopic (exact) mass is 216 g/mol. The highest BCUT2D eigenvalue weighted by molar-refractivity contribution is 5.09. The number of nitrogens with zero attached hydrogens (tertiary/aromatic N) is 2. The molecule has 0 aromatic carbocycles. The molecule has 0 radical (unpaired) electrons. The fourth-order valence-electron chi connectivity index (χ4n) is 1.90. The van der Waals surface area contributed by atoms with Gasteiger partial charge in [0.25, 0.3) is 0 Å². The Hall–Kier alpha value is -1.53. The Kier molecular flexibility index (Phi) is 3.79. The maximum absolute atomic E-state index is 5.79. The fraction of sp³-hybridized carbons (Fsp3) is 0.462. The Morgan fingerprint density at radius 1 is 1.44 bits per heavy atom. The van der Waals surface area contributed by atoms with Crippen LogP contribution in [0.5, 0.6) is 5.88 Å². The largest absolute Gasteiger partial charge is 0.474 e. The molecule has 0 amide bonds. The van der Waals surface area contributed by atoms with Gasteiger partial charge in [-0.2, -0.15) is 0 Å². The molecule has 84 valence electrons. The number of pyridine rings is 1. The van der Waals surface area contributed by atoms with Gasteiger partial charge in [0, 0.05) is 25.4 Å². The molecule has 2 heterocycles. The van der Waals surface area contributed by atoms with Gasteiger partial charge in [-0.05, 0) is 18.9 Å². The summed E-state index contributed by atoms with van der Waals surface area (Å²) in [6, 6.07) is 5.73. The lowest BCUT2D eigenvalue weighted by Crippen LogP contribution is -2.38. The highest BCUT2D eigenvalue weighted by Gasteiger charge is 2.19. The van der Waals surface area contributed by atoms with Crippen LogP contribution in [0.4, 0.5) is 0 Å². The second-order valence-corrected chi connectivity index (χ2v) is 3.97. The summed E-state index contributed by atoms with van der Waals surface area (Å²) in [5, 5.41) is 0. The second kappa shape index (κ2) is 5.53. The first-order valence-electron chi connectivity index (χ1n) is 5.62. The zero-order valence-electron chi connectivity index (χ0n) is 9.30. The van der Waals surface area contributed by atoms with Crippen LogP contribution in [0, 0.1) is 12.3 Å². The minimum Gasteiger partial charge on any atom is -0.474 e. The number of likely N-dealkylation sites (tertiary alicyclic amines) is 1. The first-order valence-corrected chi connectivity index (χ1v) is 5.62. The molecule has 1 aliphatic rings. The van der Waals surface area contributed by atoms with E-state index in [1.807, 2.05) is 18.2 Å². The third kappa shape index (κ3) is 2.98. The first-order chi connectivity index (χ1) is 7.88. The standard InChI is InChI=1S/C13H16N2O/c1-2-9-15-10-6-12(7-11-15)16-13-5-3-4-8-14-13/h1,3-5,8,12H,6-7,9-11H2. The van der Waals surface area contributed by atoms with Crippen molar-refractivity contribution in [3.8, 4) is 18.2 Å². The van der Waals surface area contributed by atoms with Crippen LogP contribution in [-0.2, 0) is 0 Å². The van der Waals surface area contributed by atoms with Crippen molar-refractivity contribution in [2.24, 2.45) is 0 Å². The first kappa shape index (κ1) is 11.0. The van der Waals surface area contributed by atoms with Crippen molar-refractivity contribution in [1.82, 2.24) is 9.88 Å². The molecule has 3 heteroatoms. The van der Waals surface area contributed by atoms with Crippen LogP contribution in [0.3, 0.4) is 0 Å². The average molecular weight is 216 g/mol. The SMILES string of the molecule is C#CCN1CCC(Oc2ccccn2)CC1. The molecule has 0 bridgehead atoms. The van der Waals surface area contributed by atoms with Gasteiger partial charge in [-0.25, -0.2) is 4.98 Å². The third-order valence-electron chi connectivity index (χ3n) is 2.77. The molecular weight excluding hydrogens is 200 g/mol. The Labute approximate surface area is 96.4 Å². The molecule has 16 heavy (non-hydrogen) atoms. The number of hydrogen-bond donors (Lipinski definition) is 0. The summed E-state index contributed by atoms with van der Waals surface area (Å²) < 4.78 is 5.79. The van der Waals surface area contributed by atoms with E-state index in [9.17, 15) is 0 Å². The van der Waals surface area contributed by atoms with Crippen LogP contribution in [0.15, 0.2) is 24.4 Å². The van der Waals surface area contributed by atoms with Gasteiger partial charge in [-0.15, -0.1) is 6.42 Å². The maximum atomic E-state index is 5.79. The minimum atomic E-state index is 0.281. The highest BCUT2D eigenvalue weighted by atomic mass is 16.5. The van der Waals surface area contributed by atoms with E-state index >= 15 is 0 Å². The molecule has 1 saturated heterocycles. The van der Waals surface area contributed by atoms with Crippen molar-refractivity contribution in [1.29, 1.82) is 0 Å². The number of terminal acetylenes is 1. The van der Waals surface area contributed by atoms with Crippen LogP contribution in [0.1, 0.15) is 12.8 Å². The molecule has 0 spiro atoms. The molecule has 0 aliphatic carbocycles. The zero-order valence-corrected chi connectivity index (χ0v) is 9.30. The fourth-order valence-corrected chi connectivity index (χ4v) is 1.90. The summed E-state index contributed by atoms with van der Waals surface area (Å²) in [4.78, 5) is 6.44. The van der Waals surface area contributed by atoms with E-state index in [0.717, 1.165) is 38.4 Å². The van der Waals surface area contributed by atoms with Crippen molar-refractivity contribution in [3.63, 3.8) is 0 Å². The number of hydrogen-bond acceptors (Lipinski definition) is 3. The van der Waals surface area contributed by atoms with E-state index in [-0.39, 0.29) is 6.10 Å². The van der Waals surface area contributed by atoms with Gasteiger partial charge in [0.2, 0.25) is 5.88 Å². The number of ether oxygens (including phenoxy) is 1. The van der Waals surface area contributed by atoms with Crippen molar-refractivity contribution >= 4 is 0 Å². The lowest BCUT2D eigenvalue weighted by Gasteiger charge is -2.30. The molecule has 1 fully saturated rings. The predicted octanol–water partition coefficient (Wildman–Crippen LogP) is 1.56. The zero-order chi connectivity index (χ0) is 11.2. The van der Waals surface area contributed by atoms with Gasteiger partial charge < -0.3 is 4.74 Å². The molecule has 0 unspecified atom stereocenters. The minimum absolute atomic E-state index is 0.281. The van der Waals surface area contributed by atoms with E-state index in [1.165, 1.54) is 0 Å². The molecule has 1 aliphatic heterocycles. The molecule has 0 atom stereocenters. The maximum Gasteiger partial charge on any atom is 0.213 e. The Morgan fingerprint density at radius 3 is 2.88 bits per heavy atom. The van der Waals surface area contributed by atoms with Crippen LogP contribution in [0.2, 0.25) is 0 Å². The summed E-state index contributed by atoms with van der Waals surface area (Å²) in [5.74, 6) is 3.39. The average Bonchev–Trinajstić information content (AvgIpc) is 2.33. The van der Waals surface area contributed by atoms with Crippen LogP contribution in [-0.4, -0.2) is 35.6 Å². The topological polar surface area (TPSA) is 25.4 Å². The van der Waals surface area contributed by atoms with E-state index in [1.54, 1.807) is 6.20 Å². The molecule has 1 aromatic rings. The van der Waals surface area contributed by atoms with Crippen LogP contribution >= 0.6 is 0 Å². The summed E-state index contributed by atoms with van der Waals surface area (Å²) >= 11 is 0. The molecule has 3 nitrogen and oxygen atoms in total. The normalized spacial score (nSPS) is 17.9. The van der Waals surface area contributed by atoms with Gasteiger partial charge in [0.1, 0.15) is 6.10 Å². The van der Waals surface area contributed by atoms with Gasteiger partial charge in [0.15, 0.2) is 0 Å². The van der Waals surface area contributed by atoms with Crippen molar-refractivity contribution in [2.75, 3.05) is 19.6 Å². The predicted molar refractivity (Wildman–Crippen MR) is 63.2 cm³/mol. The molecular formula is C13H16N2O. The summed E-state index contributed by atoms with van der Waals surface area (Å²) in [6.45, 7) is 2.78. The van der Waals surface area contributed by atoms with Gasteiger partial charge in [-0.3, -0.25) is 4.90 Å². The van der Waals surface area contributed by atoms with Crippen LogP contribution in [0.25, 0.3) is 0 Å². The van der Waals surface area contributed by atoms with Crippen LogP contribution < -0.4 is 4.74 Å². The van der Waals surface area contributed by atoms with Gasteiger partial charge in [0.05, 0.1) is 6.54 Å². The van der Waals surface area contributed by atoms with E-state index in [2.05, 4.69) is 15.8 Å². The Morgan fingerprint density at radius 2 is 2.25 bits per heavy atom. The lowest BCUT2D eigenvalue weighted by atomic mass is 10.1. The van der Waals surface area contributed by atoms with Gasteiger partial charge in [-0.1, -0.05) is 12.0 Å². The van der Waals surface area contributed by atoms with E-state index in [0.29, 0.717) is 0 Å². The quantitative estimate of drug-likeness (QED) is 0.717. The third-order valence-corrected chi connectivity index (χ3v) is 2.77. The molecule has 1 aromatic heterocycles. The summed E-state index contributed by atoms with van der Waals surface area (Å²) in [7, 11) is 0. The second-order valence-electron chi connectivity index (χ2n) is 3.97. The van der Waals surface area contributed by atoms with Crippen molar-refractivity contribution in [2.45, 2.75) is 18.9 Å². The van der Waals surface area contributed by atoms with Gasteiger partial charge >= 0.3 is 0 Å².